The number of hydrogen-bond acceptors (Lipinski definition) is 3. The molecule has 1 aromatic heterocycles. The summed E-state index contributed by atoms with van der Waals surface area (Å²) in [6.45, 7) is 0.820. The van der Waals surface area contributed by atoms with Crippen LogP contribution in [0.2, 0.25) is 0 Å². The van der Waals surface area contributed by atoms with E-state index in [0.717, 1.165) is 24.9 Å². The second-order valence-electron chi connectivity index (χ2n) is 5.81. The molecule has 0 saturated heterocycles. The summed E-state index contributed by atoms with van der Waals surface area (Å²) in [7, 11) is 0. The number of nitrogens with one attached hydrogen (secondary N) is 1. The molecule has 1 aliphatic rings. The number of fused-ring (bicyclic) bond motifs is 1. The zero-order valence-electron chi connectivity index (χ0n) is 12.9. The zero-order valence-corrected chi connectivity index (χ0v) is 12.9. The van der Waals surface area contributed by atoms with Gasteiger partial charge in [-0.2, -0.15) is 0 Å². The van der Waals surface area contributed by atoms with Crippen LogP contribution in [-0.2, 0) is 24.2 Å². The summed E-state index contributed by atoms with van der Waals surface area (Å²) in [6, 6.07) is 10.9. The molecule has 3 rings (SSSR count). The predicted molar refractivity (Wildman–Crippen MR) is 89.1 cm³/mol. The van der Waals surface area contributed by atoms with Crippen LogP contribution in [-0.4, -0.2) is 16.1 Å². The Labute approximate surface area is 135 Å². The normalized spacial score (nSPS) is 16.6. The molecule has 1 aliphatic carbocycles. The lowest BCUT2D eigenvalue weighted by molar-refractivity contribution is -0.131. The molecule has 0 fully saturated rings. The maximum absolute atomic E-state index is 10.5. The fourth-order valence-electron chi connectivity index (χ4n) is 3.05. The molecule has 118 valence electrons. The number of benzene rings is 1. The van der Waals surface area contributed by atoms with Crippen LogP contribution in [0, 0.1) is 0 Å². The number of carboxylic acid groups (broad SMARTS) is 1. The summed E-state index contributed by atoms with van der Waals surface area (Å²) in [5.74, 6) is -0.897. The van der Waals surface area contributed by atoms with Crippen molar-refractivity contribution in [1.29, 1.82) is 0 Å². The molecule has 1 aromatic carbocycles. The highest BCUT2D eigenvalue weighted by molar-refractivity contribution is 5.79. The standard InChI is InChI=1S/C19H20N2O2/c22-19(23)5-1-3-14-6-8-17-16(11-14)7-9-18(17)21-13-15-4-2-10-20-12-15/h1-2,4-6,8,10-12,18,21H,3,7,9,13H2,(H,22,23). The monoisotopic (exact) mass is 308 g/mol. The van der Waals surface area contributed by atoms with Gasteiger partial charge in [0.1, 0.15) is 0 Å². The van der Waals surface area contributed by atoms with Crippen molar-refractivity contribution in [1.82, 2.24) is 10.3 Å². The first-order valence-electron chi connectivity index (χ1n) is 7.86. The van der Waals surface area contributed by atoms with Gasteiger partial charge in [0.05, 0.1) is 0 Å². The second kappa shape index (κ2) is 7.20. The zero-order chi connectivity index (χ0) is 16.1. The lowest BCUT2D eigenvalue weighted by Gasteiger charge is -2.14. The van der Waals surface area contributed by atoms with E-state index in [0.29, 0.717) is 12.5 Å². The Morgan fingerprint density at radius 1 is 1.35 bits per heavy atom. The summed E-state index contributed by atoms with van der Waals surface area (Å²) in [5, 5.41) is 12.2. The minimum absolute atomic E-state index is 0.383. The molecule has 1 heterocycles. The maximum Gasteiger partial charge on any atom is 0.327 e. The molecular formula is C19H20N2O2. The predicted octanol–water partition coefficient (Wildman–Crippen LogP) is 3.04. The van der Waals surface area contributed by atoms with E-state index in [4.69, 9.17) is 5.11 Å². The van der Waals surface area contributed by atoms with Gasteiger partial charge in [0.2, 0.25) is 0 Å². The minimum Gasteiger partial charge on any atom is -0.478 e. The van der Waals surface area contributed by atoms with Crippen LogP contribution in [0.1, 0.15) is 34.7 Å². The molecule has 4 heteroatoms. The van der Waals surface area contributed by atoms with Gasteiger partial charge < -0.3 is 10.4 Å². The molecule has 2 aromatic rings. The Hall–Kier alpha value is -2.46. The van der Waals surface area contributed by atoms with Crippen LogP contribution in [0.25, 0.3) is 0 Å². The van der Waals surface area contributed by atoms with Gasteiger partial charge in [-0.05, 0) is 47.6 Å². The van der Waals surface area contributed by atoms with Gasteiger partial charge in [-0.25, -0.2) is 4.79 Å². The van der Waals surface area contributed by atoms with Crippen molar-refractivity contribution in [3.05, 3.63) is 77.1 Å². The van der Waals surface area contributed by atoms with Gasteiger partial charge >= 0.3 is 5.97 Å². The summed E-state index contributed by atoms with van der Waals surface area (Å²) >= 11 is 0. The van der Waals surface area contributed by atoms with Crippen LogP contribution >= 0.6 is 0 Å². The van der Waals surface area contributed by atoms with Gasteiger partial charge in [-0.3, -0.25) is 4.98 Å². The Morgan fingerprint density at radius 2 is 2.26 bits per heavy atom. The minimum atomic E-state index is -0.897. The van der Waals surface area contributed by atoms with Gasteiger partial charge in [-0.1, -0.05) is 30.3 Å². The smallest absolute Gasteiger partial charge is 0.327 e. The van der Waals surface area contributed by atoms with E-state index in [1.54, 1.807) is 12.3 Å². The topological polar surface area (TPSA) is 62.2 Å². The molecule has 0 aliphatic heterocycles. The number of allylic oxidation sites excluding steroid dienone is 1. The molecule has 0 amide bonds. The van der Waals surface area contributed by atoms with Crippen molar-refractivity contribution in [3.63, 3.8) is 0 Å². The molecule has 0 saturated carbocycles. The van der Waals surface area contributed by atoms with Crippen molar-refractivity contribution >= 4 is 5.97 Å². The quantitative estimate of drug-likeness (QED) is 0.805. The van der Waals surface area contributed by atoms with Crippen LogP contribution in [0.4, 0.5) is 0 Å². The average molecular weight is 308 g/mol. The fraction of sp³-hybridized carbons (Fsp3) is 0.263. The summed E-state index contributed by atoms with van der Waals surface area (Å²) in [5.41, 5.74) is 5.08. The van der Waals surface area contributed by atoms with Crippen LogP contribution in [0.15, 0.2) is 54.9 Å². The van der Waals surface area contributed by atoms with E-state index >= 15 is 0 Å². The van der Waals surface area contributed by atoms with Gasteiger partial charge in [0.25, 0.3) is 0 Å². The summed E-state index contributed by atoms with van der Waals surface area (Å²) in [6.07, 6.45) is 9.39. The molecule has 2 N–H and O–H groups in total. The number of rotatable bonds is 6. The van der Waals surface area contributed by atoms with E-state index < -0.39 is 5.97 Å². The Balaban J connectivity index is 1.63. The van der Waals surface area contributed by atoms with E-state index in [9.17, 15) is 4.79 Å². The first-order valence-corrected chi connectivity index (χ1v) is 7.86. The number of aliphatic carboxylic acids is 1. The van der Waals surface area contributed by atoms with Crippen molar-refractivity contribution < 1.29 is 9.90 Å². The highest BCUT2D eigenvalue weighted by Gasteiger charge is 2.21. The molecule has 1 unspecified atom stereocenters. The lowest BCUT2D eigenvalue weighted by Crippen LogP contribution is -2.18. The summed E-state index contributed by atoms with van der Waals surface area (Å²) in [4.78, 5) is 14.6. The van der Waals surface area contributed by atoms with E-state index in [1.807, 2.05) is 12.3 Å². The first-order chi connectivity index (χ1) is 11.2. The van der Waals surface area contributed by atoms with E-state index in [2.05, 4.69) is 34.6 Å². The molecule has 1 atom stereocenters. The van der Waals surface area contributed by atoms with Crippen molar-refractivity contribution in [3.8, 4) is 0 Å². The molecule has 23 heavy (non-hydrogen) atoms. The van der Waals surface area contributed by atoms with Crippen molar-refractivity contribution in [2.75, 3.05) is 0 Å². The Bertz CT molecular complexity index is 711. The highest BCUT2D eigenvalue weighted by Crippen LogP contribution is 2.32. The van der Waals surface area contributed by atoms with Crippen LogP contribution in [0.5, 0.6) is 0 Å². The lowest BCUT2D eigenvalue weighted by atomic mass is 10.0. The fourth-order valence-corrected chi connectivity index (χ4v) is 3.05. The Morgan fingerprint density at radius 3 is 3.04 bits per heavy atom. The van der Waals surface area contributed by atoms with Gasteiger partial charge in [-0.15, -0.1) is 0 Å². The average Bonchev–Trinajstić information content (AvgIpc) is 2.96. The third kappa shape index (κ3) is 4.05. The SMILES string of the molecule is O=C(O)C=CCc1ccc2c(c1)CCC2NCc1cccnc1. The van der Waals surface area contributed by atoms with Gasteiger partial charge in [0, 0.05) is 31.1 Å². The largest absolute Gasteiger partial charge is 0.478 e. The third-order valence-electron chi connectivity index (χ3n) is 4.17. The molecule has 4 nitrogen and oxygen atoms in total. The van der Waals surface area contributed by atoms with E-state index in [-0.39, 0.29) is 0 Å². The van der Waals surface area contributed by atoms with Crippen LogP contribution in [0.3, 0.4) is 0 Å². The highest BCUT2D eigenvalue weighted by atomic mass is 16.4. The number of aromatic nitrogens is 1. The third-order valence-corrected chi connectivity index (χ3v) is 4.17. The summed E-state index contributed by atoms with van der Waals surface area (Å²) < 4.78 is 0. The maximum atomic E-state index is 10.5. The Kier molecular flexibility index (Phi) is 4.83. The van der Waals surface area contributed by atoms with Crippen molar-refractivity contribution in [2.24, 2.45) is 0 Å². The molecule has 0 bridgehead atoms. The number of hydrogen-bond donors (Lipinski definition) is 2. The number of carbonyl (C=O) groups is 1. The number of pyridine rings is 1. The molecule has 0 radical (unpaired) electrons. The van der Waals surface area contributed by atoms with Crippen molar-refractivity contribution in [2.45, 2.75) is 31.8 Å². The second-order valence-corrected chi connectivity index (χ2v) is 5.81. The molecular weight excluding hydrogens is 288 g/mol. The van der Waals surface area contributed by atoms with Gasteiger partial charge in [0.15, 0.2) is 0 Å². The van der Waals surface area contributed by atoms with E-state index in [1.165, 1.54) is 22.8 Å². The van der Waals surface area contributed by atoms with Crippen LogP contribution < -0.4 is 5.32 Å². The number of aryl methyl sites for hydroxylation is 1. The molecule has 0 spiro atoms. The first kappa shape index (κ1) is 15.4. The number of nitrogens with zero attached hydrogens (tertiary/aromatic N) is 1. The number of carboxylic acids is 1.